The third-order valence-electron chi connectivity index (χ3n) is 9.54. The Balaban J connectivity index is 1.03. The SMILES string of the molecule is Cc1ccc(C2CC3CCC(C2CN(C)C(=O)CNC(=O)CNC(=O)CNC(=O)CN(C)c2ccc([N+](=O)[O-])c4nonc24)N3C)cc1. The first-order valence-electron chi connectivity index (χ1n) is 15.9. The van der Waals surface area contributed by atoms with Crippen LogP contribution in [0, 0.1) is 23.0 Å². The second-order valence-corrected chi connectivity index (χ2v) is 12.7. The Morgan fingerprint density at radius 3 is 2.27 bits per heavy atom. The van der Waals surface area contributed by atoms with Crippen LogP contribution in [0.4, 0.5) is 11.4 Å². The predicted octanol–water partition coefficient (Wildman–Crippen LogP) is 0.949. The molecule has 1 aromatic heterocycles. The maximum Gasteiger partial charge on any atom is 0.300 e. The number of carbonyl (C=O) groups excluding carboxylic acids is 4. The van der Waals surface area contributed by atoms with Gasteiger partial charge in [0.1, 0.15) is 0 Å². The number of hydrogen-bond acceptors (Lipinski definition) is 11. The second kappa shape index (κ2) is 14.8. The van der Waals surface area contributed by atoms with Gasteiger partial charge in [-0.2, -0.15) is 0 Å². The lowest BCUT2D eigenvalue weighted by Gasteiger charge is -2.44. The van der Waals surface area contributed by atoms with E-state index in [0.29, 0.717) is 30.2 Å². The average molecular weight is 664 g/mol. The summed E-state index contributed by atoms with van der Waals surface area (Å²) in [7, 11) is 5.51. The summed E-state index contributed by atoms with van der Waals surface area (Å²) in [6, 6.07) is 12.3. The number of piperidine rings is 1. The van der Waals surface area contributed by atoms with E-state index in [4.69, 9.17) is 0 Å². The van der Waals surface area contributed by atoms with Crippen molar-refractivity contribution in [3.8, 4) is 0 Å². The predicted molar refractivity (Wildman–Crippen MR) is 175 cm³/mol. The summed E-state index contributed by atoms with van der Waals surface area (Å²) in [5, 5.41) is 25.9. The van der Waals surface area contributed by atoms with Gasteiger partial charge in [-0.1, -0.05) is 29.8 Å². The van der Waals surface area contributed by atoms with Gasteiger partial charge in [-0.3, -0.25) is 29.3 Å². The Hall–Kier alpha value is -5.12. The minimum Gasteiger partial charge on any atom is -0.363 e. The van der Waals surface area contributed by atoms with E-state index < -0.39 is 22.6 Å². The molecular weight excluding hydrogens is 622 g/mol. The maximum atomic E-state index is 13.0. The number of nitro groups is 1. The topological polar surface area (TPSA) is 196 Å². The van der Waals surface area contributed by atoms with Crippen LogP contribution in [-0.2, 0) is 19.2 Å². The van der Waals surface area contributed by atoms with Gasteiger partial charge in [-0.05, 0) is 67.0 Å². The summed E-state index contributed by atoms with van der Waals surface area (Å²) in [6.07, 6.45) is 3.32. The van der Waals surface area contributed by atoms with E-state index in [1.807, 2.05) is 0 Å². The van der Waals surface area contributed by atoms with Crippen molar-refractivity contribution in [2.75, 3.05) is 58.8 Å². The number of likely N-dealkylation sites (N-methyl/N-ethyl adjacent to an activating group) is 2. The molecule has 4 unspecified atom stereocenters. The number of nitrogens with zero attached hydrogens (tertiary/aromatic N) is 6. The van der Waals surface area contributed by atoms with Gasteiger partial charge in [0.2, 0.25) is 29.1 Å². The molecule has 3 heterocycles. The Kier molecular flexibility index (Phi) is 10.5. The highest BCUT2D eigenvalue weighted by molar-refractivity contribution is 5.96. The van der Waals surface area contributed by atoms with E-state index in [1.54, 1.807) is 19.0 Å². The number of fused-ring (bicyclic) bond motifs is 3. The molecule has 0 radical (unpaired) electrons. The van der Waals surface area contributed by atoms with Crippen LogP contribution in [0.5, 0.6) is 0 Å². The molecule has 0 spiro atoms. The lowest BCUT2D eigenvalue weighted by Crippen LogP contribution is -2.51. The summed E-state index contributed by atoms with van der Waals surface area (Å²) in [6.45, 7) is 1.50. The van der Waals surface area contributed by atoms with Crippen molar-refractivity contribution in [3.05, 3.63) is 57.6 Å². The zero-order chi connectivity index (χ0) is 34.5. The summed E-state index contributed by atoms with van der Waals surface area (Å²) >= 11 is 0. The van der Waals surface area contributed by atoms with Crippen LogP contribution in [0.3, 0.4) is 0 Å². The first kappa shape index (κ1) is 34.2. The molecule has 0 aliphatic carbocycles. The Labute approximate surface area is 277 Å². The molecule has 16 heteroatoms. The summed E-state index contributed by atoms with van der Waals surface area (Å²) in [5.41, 5.74) is 2.68. The first-order chi connectivity index (χ1) is 22.9. The van der Waals surface area contributed by atoms with E-state index in [0.717, 1.165) is 19.3 Å². The third kappa shape index (κ3) is 7.70. The van der Waals surface area contributed by atoms with Gasteiger partial charge in [0.05, 0.1) is 36.8 Å². The molecule has 2 fully saturated rings. The molecule has 2 aliphatic rings. The van der Waals surface area contributed by atoms with Crippen molar-refractivity contribution in [1.29, 1.82) is 0 Å². The fraction of sp³-hybridized carbons (Fsp3) is 0.500. The molecule has 2 bridgehead atoms. The molecule has 5 rings (SSSR count). The van der Waals surface area contributed by atoms with Crippen LogP contribution in [0.1, 0.15) is 36.3 Å². The molecule has 4 amide bonds. The highest BCUT2D eigenvalue weighted by Gasteiger charge is 2.46. The Morgan fingerprint density at radius 1 is 0.938 bits per heavy atom. The smallest absolute Gasteiger partial charge is 0.300 e. The molecule has 3 aromatic rings. The number of aromatic nitrogens is 2. The number of amides is 4. The number of nitrogens with one attached hydrogen (secondary N) is 3. The van der Waals surface area contributed by atoms with Crippen molar-refractivity contribution in [3.63, 3.8) is 0 Å². The minimum absolute atomic E-state index is 0.0497. The normalized spacial score (nSPS) is 20.2. The van der Waals surface area contributed by atoms with Crippen molar-refractivity contribution in [1.82, 2.24) is 36.1 Å². The van der Waals surface area contributed by atoms with Crippen molar-refractivity contribution in [2.45, 2.75) is 44.2 Å². The van der Waals surface area contributed by atoms with Gasteiger partial charge in [0, 0.05) is 38.8 Å². The second-order valence-electron chi connectivity index (χ2n) is 12.7. The van der Waals surface area contributed by atoms with Crippen LogP contribution in [0.25, 0.3) is 11.0 Å². The number of anilines is 1. The van der Waals surface area contributed by atoms with Gasteiger partial charge in [0.25, 0.3) is 0 Å². The fourth-order valence-electron chi connectivity index (χ4n) is 6.89. The highest BCUT2D eigenvalue weighted by atomic mass is 16.6. The van der Waals surface area contributed by atoms with E-state index in [-0.39, 0.29) is 54.7 Å². The molecule has 2 saturated heterocycles. The zero-order valence-corrected chi connectivity index (χ0v) is 27.5. The van der Waals surface area contributed by atoms with Crippen LogP contribution in [0.15, 0.2) is 41.0 Å². The molecule has 48 heavy (non-hydrogen) atoms. The van der Waals surface area contributed by atoms with Gasteiger partial charge in [-0.15, -0.1) is 0 Å². The van der Waals surface area contributed by atoms with E-state index in [9.17, 15) is 29.3 Å². The van der Waals surface area contributed by atoms with Crippen molar-refractivity contribution >= 4 is 46.0 Å². The lowest BCUT2D eigenvalue weighted by molar-refractivity contribution is -0.383. The highest BCUT2D eigenvalue weighted by Crippen LogP contribution is 2.46. The average Bonchev–Trinajstić information content (AvgIpc) is 3.64. The molecule has 3 N–H and O–H groups in total. The molecule has 256 valence electrons. The van der Waals surface area contributed by atoms with Crippen molar-refractivity contribution in [2.24, 2.45) is 5.92 Å². The van der Waals surface area contributed by atoms with E-state index in [1.165, 1.54) is 28.2 Å². The Bertz CT molecular complexity index is 1680. The number of hydrogen-bond donors (Lipinski definition) is 3. The number of benzene rings is 2. The number of non-ortho nitro benzene ring substituents is 1. The summed E-state index contributed by atoms with van der Waals surface area (Å²) in [5.74, 6) is -1.25. The molecule has 4 atom stereocenters. The molecule has 2 aliphatic heterocycles. The number of aryl methyl sites for hydroxylation is 1. The third-order valence-corrected chi connectivity index (χ3v) is 9.54. The largest absolute Gasteiger partial charge is 0.363 e. The Morgan fingerprint density at radius 2 is 1.58 bits per heavy atom. The van der Waals surface area contributed by atoms with E-state index in [2.05, 4.69) is 74.0 Å². The molecule has 16 nitrogen and oxygen atoms in total. The standard InChI is InChI=1S/C32H41N9O7/c1-19-5-7-20(8-6-19)22-13-21-9-10-24(40(21)4)23(22)17-39(3)30(45)16-35-28(43)14-33-27(42)15-34-29(44)18-38(2)25-11-12-26(41(46)47)32-31(25)36-48-37-32/h5-8,11-12,21-24H,9-10,13-18H2,1-4H3,(H,33,42)(H,34,44)(H,35,43). The van der Waals surface area contributed by atoms with Crippen LogP contribution < -0.4 is 20.9 Å². The van der Waals surface area contributed by atoms with Crippen LogP contribution in [-0.4, -0.2) is 115 Å². The fourth-order valence-corrected chi connectivity index (χ4v) is 6.89. The lowest BCUT2D eigenvalue weighted by atomic mass is 9.75. The first-order valence-corrected chi connectivity index (χ1v) is 15.9. The number of rotatable bonds is 13. The molecular formula is C32H41N9O7. The monoisotopic (exact) mass is 663 g/mol. The quantitative estimate of drug-likeness (QED) is 0.174. The van der Waals surface area contributed by atoms with Crippen LogP contribution >= 0.6 is 0 Å². The molecule has 0 saturated carbocycles. The van der Waals surface area contributed by atoms with Gasteiger partial charge in [0.15, 0.2) is 5.52 Å². The summed E-state index contributed by atoms with van der Waals surface area (Å²) in [4.78, 5) is 66.4. The maximum absolute atomic E-state index is 13.0. The van der Waals surface area contributed by atoms with Gasteiger partial charge in [-0.25, -0.2) is 4.63 Å². The zero-order valence-electron chi connectivity index (χ0n) is 27.5. The minimum atomic E-state index is -0.611. The van der Waals surface area contributed by atoms with Gasteiger partial charge >= 0.3 is 5.69 Å². The number of nitro benzene ring substituents is 1. The molecule has 2 aromatic carbocycles. The van der Waals surface area contributed by atoms with E-state index >= 15 is 0 Å². The van der Waals surface area contributed by atoms with Gasteiger partial charge < -0.3 is 30.7 Å². The van der Waals surface area contributed by atoms with Crippen LogP contribution in [0.2, 0.25) is 0 Å². The van der Waals surface area contributed by atoms with Crippen molar-refractivity contribution < 1.29 is 28.7 Å². The number of carbonyl (C=O) groups is 4. The summed E-state index contributed by atoms with van der Waals surface area (Å²) < 4.78 is 4.64.